The number of rotatable bonds is 5. The van der Waals surface area contributed by atoms with Crippen molar-refractivity contribution in [2.75, 3.05) is 14.2 Å². The Morgan fingerprint density at radius 3 is 2.81 bits per heavy atom. The fraction of sp³-hybridized carbons (Fsp3) is 0.133. The predicted octanol–water partition coefficient (Wildman–Crippen LogP) is 1.86. The summed E-state index contributed by atoms with van der Waals surface area (Å²) in [6.45, 7) is 0. The molecule has 1 aromatic heterocycles. The maximum absolute atomic E-state index is 11.8. The highest BCUT2D eigenvalue weighted by Gasteiger charge is 2.04. The van der Waals surface area contributed by atoms with Gasteiger partial charge in [0.25, 0.3) is 5.91 Å². The second kappa shape index (κ2) is 7.04. The van der Waals surface area contributed by atoms with Gasteiger partial charge in [-0.05, 0) is 24.3 Å². The summed E-state index contributed by atoms with van der Waals surface area (Å²) < 4.78 is 10.3. The number of carbonyl (C=O) groups is 1. The van der Waals surface area contributed by atoms with Crippen LogP contribution in [0.2, 0.25) is 0 Å². The average Bonchev–Trinajstić information content (AvgIpc) is 2.55. The molecule has 0 aliphatic rings. The lowest BCUT2D eigenvalue weighted by Gasteiger charge is -2.06. The second-order valence-electron chi connectivity index (χ2n) is 4.05. The Bertz CT molecular complexity index is 642. The Labute approximate surface area is 122 Å². The number of nitrogens with one attached hydrogen (secondary N) is 1. The number of hydrazone groups is 1. The fourth-order valence-corrected chi connectivity index (χ4v) is 1.65. The third-order valence-corrected chi connectivity index (χ3v) is 2.73. The molecule has 2 aromatic rings. The summed E-state index contributed by atoms with van der Waals surface area (Å²) in [5.74, 6) is 0.962. The Hall–Kier alpha value is -2.89. The Morgan fingerprint density at radius 1 is 1.29 bits per heavy atom. The zero-order valence-electron chi connectivity index (χ0n) is 11.7. The second-order valence-corrected chi connectivity index (χ2v) is 4.05. The maximum atomic E-state index is 11.8. The summed E-state index contributed by atoms with van der Waals surface area (Å²) in [6, 6.07) is 8.66. The van der Waals surface area contributed by atoms with Crippen LogP contribution in [-0.4, -0.2) is 31.3 Å². The van der Waals surface area contributed by atoms with E-state index >= 15 is 0 Å². The number of aromatic nitrogens is 1. The molecular weight excluding hydrogens is 270 g/mol. The van der Waals surface area contributed by atoms with E-state index < -0.39 is 0 Å². The van der Waals surface area contributed by atoms with Crippen LogP contribution < -0.4 is 14.9 Å². The average molecular weight is 285 g/mol. The van der Waals surface area contributed by atoms with Crippen molar-refractivity contribution in [3.63, 3.8) is 0 Å². The smallest absolute Gasteiger partial charge is 0.272 e. The van der Waals surface area contributed by atoms with Crippen molar-refractivity contribution in [1.29, 1.82) is 0 Å². The monoisotopic (exact) mass is 285 g/mol. The first kappa shape index (κ1) is 14.5. The largest absolute Gasteiger partial charge is 0.497 e. The molecule has 0 saturated carbocycles. The first-order valence-corrected chi connectivity index (χ1v) is 6.20. The summed E-state index contributed by atoms with van der Waals surface area (Å²) in [5, 5.41) is 3.91. The van der Waals surface area contributed by atoms with Crippen molar-refractivity contribution in [3.05, 3.63) is 53.9 Å². The van der Waals surface area contributed by atoms with Gasteiger partial charge >= 0.3 is 0 Å². The van der Waals surface area contributed by atoms with E-state index in [1.165, 1.54) is 12.4 Å². The third kappa shape index (κ3) is 3.79. The molecule has 6 heteroatoms. The molecule has 0 radical (unpaired) electrons. The molecule has 0 spiro atoms. The van der Waals surface area contributed by atoms with Crippen LogP contribution in [0.3, 0.4) is 0 Å². The van der Waals surface area contributed by atoms with Gasteiger partial charge in [-0.1, -0.05) is 0 Å². The summed E-state index contributed by atoms with van der Waals surface area (Å²) in [4.78, 5) is 15.6. The number of nitrogens with zero attached hydrogens (tertiary/aromatic N) is 2. The van der Waals surface area contributed by atoms with Gasteiger partial charge in [0.05, 0.1) is 26.0 Å². The van der Waals surface area contributed by atoms with Crippen LogP contribution in [0.15, 0.2) is 47.8 Å². The van der Waals surface area contributed by atoms with Gasteiger partial charge in [0.1, 0.15) is 11.5 Å². The topological polar surface area (TPSA) is 72.8 Å². The summed E-state index contributed by atoms with van der Waals surface area (Å²) in [6.07, 6.45) is 4.58. The molecule has 0 unspecified atom stereocenters. The molecule has 2 rings (SSSR count). The van der Waals surface area contributed by atoms with E-state index in [-0.39, 0.29) is 5.91 Å². The van der Waals surface area contributed by atoms with Gasteiger partial charge in [-0.3, -0.25) is 9.78 Å². The summed E-state index contributed by atoms with van der Waals surface area (Å²) in [5.41, 5.74) is 3.60. The van der Waals surface area contributed by atoms with Crippen molar-refractivity contribution in [2.24, 2.45) is 5.10 Å². The van der Waals surface area contributed by atoms with Crippen molar-refractivity contribution in [3.8, 4) is 11.5 Å². The van der Waals surface area contributed by atoms with Crippen molar-refractivity contribution in [2.45, 2.75) is 0 Å². The molecule has 0 atom stereocenters. The number of hydrogen-bond donors (Lipinski definition) is 1. The first-order chi connectivity index (χ1) is 10.2. The molecule has 1 N–H and O–H groups in total. The van der Waals surface area contributed by atoms with Crippen LogP contribution in [0.5, 0.6) is 11.5 Å². The number of carbonyl (C=O) groups excluding carboxylic acids is 1. The fourth-order valence-electron chi connectivity index (χ4n) is 1.65. The number of hydrogen-bond acceptors (Lipinski definition) is 5. The third-order valence-electron chi connectivity index (χ3n) is 2.73. The van der Waals surface area contributed by atoms with Crippen LogP contribution in [0.1, 0.15) is 15.9 Å². The molecule has 0 saturated heterocycles. The van der Waals surface area contributed by atoms with Gasteiger partial charge < -0.3 is 9.47 Å². The number of methoxy groups -OCH3 is 2. The van der Waals surface area contributed by atoms with Gasteiger partial charge in [0.2, 0.25) is 0 Å². The summed E-state index contributed by atoms with van der Waals surface area (Å²) in [7, 11) is 3.14. The Morgan fingerprint density at radius 2 is 2.14 bits per heavy atom. The SMILES string of the molecule is COc1ccc(C=NNC(=O)c2cccnc2)c(OC)c1. The van der Waals surface area contributed by atoms with Crippen LogP contribution in [0.4, 0.5) is 0 Å². The molecule has 1 aromatic carbocycles. The van der Waals surface area contributed by atoms with Crippen LogP contribution in [0, 0.1) is 0 Å². The number of amides is 1. The highest BCUT2D eigenvalue weighted by Crippen LogP contribution is 2.22. The van der Waals surface area contributed by atoms with Crippen molar-refractivity contribution in [1.82, 2.24) is 10.4 Å². The minimum Gasteiger partial charge on any atom is -0.497 e. The van der Waals surface area contributed by atoms with Gasteiger partial charge in [-0.15, -0.1) is 0 Å². The maximum Gasteiger partial charge on any atom is 0.272 e. The van der Waals surface area contributed by atoms with E-state index in [0.29, 0.717) is 17.1 Å². The van der Waals surface area contributed by atoms with Crippen LogP contribution >= 0.6 is 0 Å². The molecule has 6 nitrogen and oxygen atoms in total. The number of benzene rings is 1. The van der Waals surface area contributed by atoms with Crippen molar-refractivity contribution >= 4 is 12.1 Å². The molecule has 21 heavy (non-hydrogen) atoms. The van der Waals surface area contributed by atoms with Gasteiger partial charge in [0, 0.05) is 24.0 Å². The molecule has 0 bridgehead atoms. The van der Waals surface area contributed by atoms with Gasteiger partial charge in [0.15, 0.2) is 0 Å². The lowest BCUT2D eigenvalue weighted by Crippen LogP contribution is -2.17. The number of pyridine rings is 1. The molecule has 1 heterocycles. The van der Waals surface area contributed by atoms with Crippen LogP contribution in [0.25, 0.3) is 0 Å². The van der Waals surface area contributed by atoms with Crippen molar-refractivity contribution < 1.29 is 14.3 Å². The lowest BCUT2D eigenvalue weighted by molar-refractivity contribution is 0.0955. The van der Waals surface area contributed by atoms with Gasteiger partial charge in [-0.25, -0.2) is 5.43 Å². The molecule has 108 valence electrons. The zero-order chi connectivity index (χ0) is 15.1. The molecule has 1 amide bonds. The van der Waals surface area contributed by atoms with E-state index in [9.17, 15) is 4.79 Å². The first-order valence-electron chi connectivity index (χ1n) is 6.20. The molecule has 0 fully saturated rings. The standard InChI is InChI=1S/C15H15N3O3/c1-20-13-6-5-11(14(8-13)21-2)10-17-18-15(19)12-4-3-7-16-9-12/h3-10H,1-2H3,(H,18,19). The van der Waals surface area contributed by atoms with Gasteiger partial charge in [-0.2, -0.15) is 5.10 Å². The zero-order valence-corrected chi connectivity index (χ0v) is 11.7. The lowest BCUT2D eigenvalue weighted by atomic mass is 10.2. The van der Waals surface area contributed by atoms with Crippen LogP contribution in [-0.2, 0) is 0 Å². The molecule has 0 aliphatic carbocycles. The van der Waals surface area contributed by atoms with E-state index in [1.54, 1.807) is 50.7 Å². The molecule has 0 aliphatic heterocycles. The highest BCUT2D eigenvalue weighted by molar-refractivity contribution is 5.94. The highest BCUT2D eigenvalue weighted by atomic mass is 16.5. The molecular formula is C15H15N3O3. The Balaban J connectivity index is 2.06. The van der Waals surface area contributed by atoms with E-state index in [4.69, 9.17) is 9.47 Å². The minimum absolute atomic E-state index is 0.327. The normalized spacial score (nSPS) is 10.4. The predicted molar refractivity (Wildman–Crippen MR) is 78.8 cm³/mol. The number of ether oxygens (including phenoxy) is 2. The quantitative estimate of drug-likeness (QED) is 0.672. The van der Waals surface area contributed by atoms with E-state index in [0.717, 1.165) is 5.56 Å². The van der Waals surface area contributed by atoms with E-state index in [1.807, 2.05) is 0 Å². The summed E-state index contributed by atoms with van der Waals surface area (Å²) >= 11 is 0. The van der Waals surface area contributed by atoms with E-state index in [2.05, 4.69) is 15.5 Å². The minimum atomic E-state index is -0.327. The Kier molecular flexibility index (Phi) is 4.87.